The van der Waals surface area contributed by atoms with E-state index >= 15 is 0 Å². The lowest BCUT2D eigenvalue weighted by Gasteiger charge is -2.32. The van der Waals surface area contributed by atoms with E-state index in [0.29, 0.717) is 31.7 Å². The van der Waals surface area contributed by atoms with Crippen molar-refractivity contribution in [2.24, 2.45) is 5.92 Å². The maximum Gasteiger partial charge on any atom is 0.251 e. The second-order valence-electron chi connectivity index (χ2n) is 8.34. The topological polar surface area (TPSA) is 86.8 Å². The van der Waals surface area contributed by atoms with Gasteiger partial charge in [0.2, 0.25) is 15.9 Å². The van der Waals surface area contributed by atoms with Crippen molar-refractivity contribution in [2.45, 2.75) is 55.9 Å². The lowest BCUT2D eigenvalue weighted by Crippen LogP contribution is -2.47. The summed E-state index contributed by atoms with van der Waals surface area (Å²) in [5.74, 6) is 0.226. The van der Waals surface area contributed by atoms with Crippen molar-refractivity contribution in [3.05, 3.63) is 29.8 Å². The van der Waals surface area contributed by atoms with E-state index in [1.807, 2.05) is 4.90 Å². The summed E-state index contributed by atoms with van der Waals surface area (Å²) < 4.78 is 27.3. The van der Waals surface area contributed by atoms with Crippen molar-refractivity contribution >= 4 is 21.8 Å². The molecule has 7 nitrogen and oxygen atoms in total. The summed E-state index contributed by atoms with van der Waals surface area (Å²) in [7, 11) is -3.56. The monoisotopic (exact) mass is 419 g/mol. The van der Waals surface area contributed by atoms with Crippen LogP contribution in [-0.4, -0.2) is 61.7 Å². The molecule has 0 aromatic heterocycles. The molecule has 2 aliphatic heterocycles. The van der Waals surface area contributed by atoms with Gasteiger partial charge in [0.1, 0.15) is 0 Å². The summed E-state index contributed by atoms with van der Waals surface area (Å²) in [6.45, 7) is 2.42. The van der Waals surface area contributed by atoms with Gasteiger partial charge in [-0.25, -0.2) is 8.42 Å². The molecule has 2 saturated heterocycles. The molecule has 1 aromatic rings. The number of hydrogen-bond donors (Lipinski definition) is 1. The molecule has 1 aliphatic carbocycles. The number of nitrogens with one attached hydrogen (secondary N) is 1. The Labute approximate surface area is 172 Å². The van der Waals surface area contributed by atoms with Gasteiger partial charge in [-0.1, -0.05) is 12.5 Å². The number of amides is 2. The Kier molecular flexibility index (Phi) is 5.92. The predicted octanol–water partition coefficient (Wildman–Crippen LogP) is 1.99. The molecule has 1 N–H and O–H groups in total. The first-order valence-electron chi connectivity index (χ1n) is 10.6. The fourth-order valence-electron chi connectivity index (χ4n) is 4.15. The molecule has 29 heavy (non-hydrogen) atoms. The molecular weight excluding hydrogens is 390 g/mol. The van der Waals surface area contributed by atoms with Crippen LogP contribution in [0.2, 0.25) is 0 Å². The molecule has 3 aliphatic rings. The summed E-state index contributed by atoms with van der Waals surface area (Å²) in [4.78, 5) is 26.9. The molecule has 0 atom stereocenters. The minimum atomic E-state index is -3.56. The van der Waals surface area contributed by atoms with Crippen LogP contribution < -0.4 is 5.32 Å². The highest BCUT2D eigenvalue weighted by atomic mass is 32.2. The van der Waals surface area contributed by atoms with Crippen LogP contribution in [0.25, 0.3) is 0 Å². The van der Waals surface area contributed by atoms with E-state index in [2.05, 4.69) is 5.32 Å². The van der Waals surface area contributed by atoms with Crippen LogP contribution in [0.4, 0.5) is 0 Å². The highest BCUT2D eigenvalue weighted by Gasteiger charge is 2.35. The van der Waals surface area contributed by atoms with Crippen molar-refractivity contribution in [1.29, 1.82) is 0 Å². The number of likely N-dealkylation sites (tertiary alicyclic amines) is 1. The van der Waals surface area contributed by atoms with Crippen molar-refractivity contribution < 1.29 is 18.0 Å². The molecule has 2 heterocycles. The number of carbonyl (C=O) groups is 2. The summed E-state index contributed by atoms with van der Waals surface area (Å²) in [5.41, 5.74) is 0.361. The van der Waals surface area contributed by atoms with Gasteiger partial charge in [-0.05, 0) is 56.7 Å². The van der Waals surface area contributed by atoms with Crippen molar-refractivity contribution in [3.8, 4) is 0 Å². The highest BCUT2D eigenvalue weighted by molar-refractivity contribution is 7.89. The van der Waals surface area contributed by atoms with E-state index in [1.165, 1.54) is 10.4 Å². The molecule has 0 bridgehead atoms. The smallest absolute Gasteiger partial charge is 0.251 e. The summed E-state index contributed by atoms with van der Waals surface area (Å²) in [6.07, 6.45) is 6.28. The molecule has 4 rings (SSSR count). The summed E-state index contributed by atoms with van der Waals surface area (Å²) in [6, 6.07) is 6.32. The van der Waals surface area contributed by atoms with E-state index < -0.39 is 10.0 Å². The number of carbonyl (C=O) groups excluding carboxylic acids is 2. The zero-order chi connectivity index (χ0) is 20.4. The molecule has 1 aromatic carbocycles. The van der Waals surface area contributed by atoms with Gasteiger partial charge in [0.25, 0.3) is 5.91 Å². The lowest BCUT2D eigenvalue weighted by molar-refractivity contribution is -0.133. The molecule has 158 valence electrons. The Morgan fingerprint density at radius 3 is 2.28 bits per heavy atom. The minimum Gasteiger partial charge on any atom is -0.349 e. The first-order valence-corrected chi connectivity index (χ1v) is 12.1. The molecule has 0 unspecified atom stereocenters. The Balaban J connectivity index is 1.37. The maximum atomic E-state index is 12.9. The van der Waals surface area contributed by atoms with Crippen LogP contribution in [0, 0.1) is 5.92 Å². The van der Waals surface area contributed by atoms with Crippen molar-refractivity contribution in [3.63, 3.8) is 0 Å². The second-order valence-corrected chi connectivity index (χ2v) is 10.3. The fourth-order valence-corrected chi connectivity index (χ4v) is 5.72. The van der Waals surface area contributed by atoms with Gasteiger partial charge >= 0.3 is 0 Å². The third-order valence-corrected chi connectivity index (χ3v) is 8.01. The first-order chi connectivity index (χ1) is 13.9. The van der Waals surface area contributed by atoms with Crippen LogP contribution in [0.1, 0.15) is 55.3 Å². The number of sulfonamides is 1. The van der Waals surface area contributed by atoms with E-state index in [-0.39, 0.29) is 28.7 Å². The first kappa shape index (κ1) is 20.3. The van der Waals surface area contributed by atoms with Gasteiger partial charge < -0.3 is 10.2 Å². The Bertz CT molecular complexity index is 868. The molecule has 3 fully saturated rings. The number of hydrogen-bond acceptors (Lipinski definition) is 4. The largest absolute Gasteiger partial charge is 0.349 e. The second kappa shape index (κ2) is 8.44. The van der Waals surface area contributed by atoms with Crippen LogP contribution in [0.5, 0.6) is 0 Å². The van der Waals surface area contributed by atoms with Crippen molar-refractivity contribution in [1.82, 2.24) is 14.5 Å². The number of nitrogens with zero attached hydrogens (tertiary/aromatic N) is 2. The zero-order valence-corrected chi connectivity index (χ0v) is 17.5. The maximum absolute atomic E-state index is 12.9. The minimum absolute atomic E-state index is 0.00751. The Hall–Kier alpha value is -1.93. The summed E-state index contributed by atoms with van der Waals surface area (Å²) >= 11 is 0. The van der Waals surface area contributed by atoms with E-state index in [4.69, 9.17) is 0 Å². The molecule has 0 spiro atoms. The van der Waals surface area contributed by atoms with Gasteiger partial charge in [0.15, 0.2) is 0 Å². The van der Waals surface area contributed by atoms with E-state index in [9.17, 15) is 18.0 Å². The molecule has 8 heteroatoms. The molecule has 2 amide bonds. The van der Waals surface area contributed by atoms with E-state index in [0.717, 1.165) is 44.9 Å². The van der Waals surface area contributed by atoms with Crippen LogP contribution in [-0.2, 0) is 14.8 Å². The normalized spacial score (nSPS) is 21.7. The van der Waals surface area contributed by atoms with Gasteiger partial charge in [0.05, 0.1) is 4.90 Å². The van der Waals surface area contributed by atoms with Crippen LogP contribution >= 0.6 is 0 Å². The Morgan fingerprint density at radius 1 is 0.931 bits per heavy atom. The average Bonchev–Trinajstić information content (AvgIpc) is 3.60. The standard InChI is InChI=1S/C21H29N3O4S/c25-20(22-18-9-13-23(14-10-18)21(26)16-7-8-16)17-5-4-6-19(15-17)29(27,28)24-11-2-1-3-12-24/h4-6,15-16,18H,1-3,7-14H2,(H,22,25). The summed E-state index contributed by atoms with van der Waals surface area (Å²) in [5, 5.41) is 3.01. The SMILES string of the molecule is O=C(NC1CCN(C(=O)C2CC2)CC1)c1cccc(S(=O)(=O)N2CCCCC2)c1. The van der Waals surface area contributed by atoms with Crippen LogP contribution in [0.3, 0.4) is 0 Å². The third kappa shape index (κ3) is 4.64. The Morgan fingerprint density at radius 2 is 1.62 bits per heavy atom. The molecule has 1 saturated carbocycles. The van der Waals surface area contributed by atoms with Gasteiger partial charge in [-0.15, -0.1) is 0 Å². The third-order valence-electron chi connectivity index (χ3n) is 6.12. The fraction of sp³-hybridized carbons (Fsp3) is 0.619. The quantitative estimate of drug-likeness (QED) is 0.791. The van der Waals surface area contributed by atoms with Gasteiger partial charge in [0, 0.05) is 43.7 Å². The average molecular weight is 420 g/mol. The van der Waals surface area contributed by atoms with Gasteiger partial charge in [-0.2, -0.15) is 4.31 Å². The number of rotatable bonds is 5. The van der Waals surface area contributed by atoms with Crippen LogP contribution in [0.15, 0.2) is 29.2 Å². The lowest BCUT2D eigenvalue weighted by atomic mass is 10.0. The number of benzene rings is 1. The van der Waals surface area contributed by atoms with Crippen molar-refractivity contribution in [2.75, 3.05) is 26.2 Å². The highest BCUT2D eigenvalue weighted by Crippen LogP contribution is 2.32. The number of piperidine rings is 2. The van der Waals surface area contributed by atoms with E-state index in [1.54, 1.807) is 18.2 Å². The van der Waals surface area contributed by atoms with Gasteiger partial charge in [-0.3, -0.25) is 9.59 Å². The molecule has 0 radical (unpaired) electrons. The predicted molar refractivity (Wildman–Crippen MR) is 109 cm³/mol. The molecular formula is C21H29N3O4S. The zero-order valence-electron chi connectivity index (χ0n) is 16.7.